The third-order valence-electron chi connectivity index (χ3n) is 3.45. The zero-order chi connectivity index (χ0) is 13.5. The van der Waals surface area contributed by atoms with Crippen LogP contribution in [0.3, 0.4) is 0 Å². The molecule has 1 aromatic heterocycles. The van der Waals surface area contributed by atoms with Crippen molar-refractivity contribution in [3.8, 4) is 0 Å². The Hall–Kier alpha value is -1.43. The summed E-state index contributed by atoms with van der Waals surface area (Å²) < 4.78 is 5.48. The van der Waals surface area contributed by atoms with E-state index in [0.29, 0.717) is 25.0 Å². The van der Waals surface area contributed by atoms with Gasteiger partial charge in [-0.2, -0.15) is 5.10 Å². The van der Waals surface area contributed by atoms with Crippen LogP contribution in [0, 0.1) is 5.92 Å². The summed E-state index contributed by atoms with van der Waals surface area (Å²) >= 11 is 0. The molecular weight excluding hydrogens is 244 g/mol. The quantitative estimate of drug-likeness (QED) is 0.689. The van der Waals surface area contributed by atoms with Crippen LogP contribution in [-0.2, 0) is 16.0 Å². The molecule has 19 heavy (non-hydrogen) atoms. The lowest BCUT2D eigenvalue weighted by Gasteiger charge is -2.34. The molecule has 6 nitrogen and oxygen atoms in total. The van der Waals surface area contributed by atoms with E-state index >= 15 is 0 Å². The average molecular weight is 266 g/mol. The predicted octanol–water partition coefficient (Wildman–Crippen LogP) is 1.06. The number of aromatic nitrogens is 3. The minimum Gasteiger partial charge on any atom is -0.378 e. The van der Waals surface area contributed by atoms with Crippen molar-refractivity contribution < 1.29 is 9.53 Å². The van der Waals surface area contributed by atoms with Gasteiger partial charge in [-0.15, -0.1) is 0 Å². The Morgan fingerprint density at radius 3 is 3.11 bits per heavy atom. The van der Waals surface area contributed by atoms with Gasteiger partial charge in [0.25, 0.3) is 0 Å². The minimum atomic E-state index is 0.150. The van der Waals surface area contributed by atoms with E-state index in [1.807, 2.05) is 6.92 Å². The molecule has 0 radical (unpaired) electrons. The fourth-order valence-corrected chi connectivity index (χ4v) is 2.38. The molecule has 2 rings (SSSR count). The van der Waals surface area contributed by atoms with Crippen LogP contribution in [0.4, 0.5) is 0 Å². The maximum Gasteiger partial charge on any atom is 0.220 e. The number of carbonyl (C=O) groups is 1. The lowest BCUT2D eigenvalue weighted by Crippen LogP contribution is -2.36. The van der Waals surface area contributed by atoms with Crippen molar-refractivity contribution in [3.05, 3.63) is 12.2 Å². The summed E-state index contributed by atoms with van der Waals surface area (Å²) in [7, 11) is 0. The smallest absolute Gasteiger partial charge is 0.220 e. The Labute approximate surface area is 113 Å². The molecule has 1 aliphatic carbocycles. The highest BCUT2D eigenvalue weighted by Gasteiger charge is 2.30. The van der Waals surface area contributed by atoms with Gasteiger partial charge in [0.15, 0.2) is 0 Å². The van der Waals surface area contributed by atoms with E-state index < -0.39 is 0 Å². The van der Waals surface area contributed by atoms with Crippen LogP contribution in [0.15, 0.2) is 6.33 Å². The van der Waals surface area contributed by atoms with Crippen LogP contribution in [0.5, 0.6) is 0 Å². The molecule has 1 aliphatic rings. The maximum atomic E-state index is 11.7. The highest BCUT2D eigenvalue weighted by atomic mass is 16.5. The first-order chi connectivity index (χ1) is 9.28. The molecule has 0 atom stereocenters. The van der Waals surface area contributed by atoms with Gasteiger partial charge in [-0.05, 0) is 32.1 Å². The van der Waals surface area contributed by atoms with E-state index in [4.69, 9.17) is 4.74 Å². The minimum absolute atomic E-state index is 0.150. The van der Waals surface area contributed by atoms with Crippen LogP contribution >= 0.6 is 0 Å². The molecule has 0 aromatic carbocycles. The fraction of sp³-hybridized carbons (Fsp3) is 0.769. The van der Waals surface area contributed by atoms with E-state index in [2.05, 4.69) is 20.5 Å². The number of nitrogens with one attached hydrogen (secondary N) is 2. The molecule has 0 saturated heterocycles. The van der Waals surface area contributed by atoms with Crippen molar-refractivity contribution in [2.24, 2.45) is 5.92 Å². The second kappa shape index (κ2) is 7.23. The molecule has 0 aliphatic heterocycles. The Balaban J connectivity index is 1.49. The Morgan fingerprint density at radius 2 is 2.42 bits per heavy atom. The van der Waals surface area contributed by atoms with Gasteiger partial charge in [0, 0.05) is 26.0 Å². The molecular formula is C13H22N4O2. The highest BCUT2D eigenvalue weighted by Crippen LogP contribution is 2.32. The summed E-state index contributed by atoms with van der Waals surface area (Å²) in [4.78, 5) is 15.7. The summed E-state index contributed by atoms with van der Waals surface area (Å²) in [6, 6.07) is 0. The van der Waals surface area contributed by atoms with Crippen LogP contribution in [0.2, 0.25) is 0 Å². The van der Waals surface area contributed by atoms with Gasteiger partial charge in [-0.3, -0.25) is 9.89 Å². The molecule has 1 heterocycles. The zero-order valence-electron chi connectivity index (χ0n) is 11.4. The van der Waals surface area contributed by atoms with E-state index in [1.54, 1.807) is 0 Å². The fourth-order valence-electron chi connectivity index (χ4n) is 2.38. The molecule has 0 bridgehead atoms. The second-order valence-electron chi connectivity index (χ2n) is 5.00. The number of amides is 1. The molecule has 1 aromatic rings. The van der Waals surface area contributed by atoms with Crippen LogP contribution in [0.25, 0.3) is 0 Å². The van der Waals surface area contributed by atoms with Crippen molar-refractivity contribution in [1.82, 2.24) is 20.5 Å². The van der Waals surface area contributed by atoms with Gasteiger partial charge >= 0.3 is 0 Å². The monoisotopic (exact) mass is 266 g/mol. The number of H-pyrrole nitrogens is 1. The van der Waals surface area contributed by atoms with E-state index in [9.17, 15) is 4.79 Å². The van der Waals surface area contributed by atoms with Gasteiger partial charge in [-0.1, -0.05) is 0 Å². The van der Waals surface area contributed by atoms with Crippen LogP contribution in [-0.4, -0.2) is 40.3 Å². The average Bonchev–Trinajstić information content (AvgIpc) is 2.85. The molecule has 1 amide bonds. The molecule has 1 fully saturated rings. The molecule has 6 heteroatoms. The largest absolute Gasteiger partial charge is 0.378 e. The number of rotatable bonds is 8. The maximum absolute atomic E-state index is 11.7. The van der Waals surface area contributed by atoms with Crippen molar-refractivity contribution in [2.75, 3.05) is 13.2 Å². The van der Waals surface area contributed by atoms with E-state index in [0.717, 1.165) is 38.1 Å². The van der Waals surface area contributed by atoms with Crippen molar-refractivity contribution in [1.29, 1.82) is 0 Å². The third kappa shape index (κ3) is 4.63. The predicted molar refractivity (Wildman–Crippen MR) is 70.5 cm³/mol. The second-order valence-corrected chi connectivity index (χ2v) is 5.00. The number of aryl methyl sites for hydroxylation is 1. The topological polar surface area (TPSA) is 79.9 Å². The van der Waals surface area contributed by atoms with Gasteiger partial charge in [0.1, 0.15) is 12.2 Å². The number of nitrogens with zero attached hydrogens (tertiary/aromatic N) is 2. The number of aromatic amines is 1. The van der Waals surface area contributed by atoms with E-state index in [1.165, 1.54) is 6.33 Å². The standard InChI is InChI=1S/C13H22N4O2/c1-2-19-11-6-10(7-11)8-13(18)14-5-3-4-12-15-9-16-17-12/h9-11H,2-8H2,1H3,(H,14,18)(H,15,16,17). The van der Waals surface area contributed by atoms with Gasteiger partial charge in [0.05, 0.1) is 6.10 Å². The van der Waals surface area contributed by atoms with Gasteiger partial charge < -0.3 is 10.1 Å². The van der Waals surface area contributed by atoms with Gasteiger partial charge in [-0.25, -0.2) is 4.98 Å². The van der Waals surface area contributed by atoms with Crippen LogP contribution < -0.4 is 5.32 Å². The highest BCUT2D eigenvalue weighted by molar-refractivity contribution is 5.76. The number of carbonyl (C=O) groups excluding carboxylic acids is 1. The molecule has 0 spiro atoms. The molecule has 0 unspecified atom stereocenters. The molecule has 2 N–H and O–H groups in total. The van der Waals surface area contributed by atoms with Crippen molar-refractivity contribution >= 4 is 5.91 Å². The summed E-state index contributed by atoms with van der Waals surface area (Å²) in [5.41, 5.74) is 0. The van der Waals surface area contributed by atoms with Crippen molar-refractivity contribution in [3.63, 3.8) is 0 Å². The lowest BCUT2D eigenvalue weighted by molar-refractivity contribution is -0.124. The van der Waals surface area contributed by atoms with Gasteiger partial charge in [0.2, 0.25) is 5.91 Å². The van der Waals surface area contributed by atoms with Crippen LogP contribution in [0.1, 0.15) is 38.4 Å². The Kier molecular flexibility index (Phi) is 5.32. The summed E-state index contributed by atoms with van der Waals surface area (Å²) in [5.74, 6) is 1.52. The number of hydrogen-bond donors (Lipinski definition) is 2. The number of hydrogen-bond acceptors (Lipinski definition) is 4. The first kappa shape index (κ1) is 14.0. The first-order valence-corrected chi connectivity index (χ1v) is 7.00. The first-order valence-electron chi connectivity index (χ1n) is 7.00. The lowest BCUT2D eigenvalue weighted by atomic mass is 9.80. The SMILES string of the molecule is CCOC1CC(CC(=O)NCCCc2ncn[nH]2)C1. The number of ether oxygens (including phenoxy) is 1. The Morgan fingerprint density at radius 1 is 1.58 bits per heavy atom. The summed E-state index contributed by atoms with van der Waals surface area (Å²) in [6.45, 7) is 3.47. The van der Waals surface area contributed by atoms with E-state index in [-0.39, 0.29) is 5.91 Å². The molecule has 1 saturated carbocycles. The van der Waals surface area contributed by atoms with Crippen molar-refractivity contribution in [2.45, 2.75) is 45.1 Å². The summed E-state index contributed by atoms with van der Waals surface area (Å²) in [6.07, 6.45) is 6.27. The normalized spacial score (nSPS) is 21.9. The third-order valence-corrected chi connectivity index (χ3v) is 3.45. The zero-order valence-corrected chi connectivity index (χ0v) is 11.4. The Bertz CT molecular complexity index is 374. The summed E-state index contributed by atoms with van der Waals surface area (Å²) in [5, 5.41) is 9.53. The molecule has 106 valence electrons.